The number of rotatable bonds is 7. The van der Waals surface area contributed by atoms with Crippen LogP contribution in [0.15, 0.2) is 0 Å². The number of hydrogen-bond acceptors (Lipinski definition) is 6. The lowest BCUT2D eigenvalue weighted by Crippen LogP contribution is -2.59. The molecule has 1 rings (SSSR count). The molecule has 1 saturated heterocycles. The van der Waals surface area contributed by atoms with Gasteiger partial charge in [0.05, 0.1) is 5.50 Å². The third kappa shape index (κ3) is 4.71. The molecule has 120 valence electrons. The molecule has 1 fully saturated rings. The number of nitrogens with zero attached hydrogens (tertiary/aromatic N) is 1. The van der Waals surface area contributed by atoms with Crippen molar-refractivity contribution < 1.29 is 13.8 Å². The zero-order valence-electron chi connectivity index (χ0n) is 14.4. The molecule has 0 radical (unpaired) electrons. The molecule has 21 heavy (non-hydrogen) atoms. The molecule has 0 aromatic carbocycles. The van der Waals surface area contributed by atoms with Gasteiger partial charge < -0.3 is 24.7 Å². The van der Waals surface area contributed by atoms with Crippen molar-refractivity contribution in [1.29, 1.82) is 0 Å². The Labute approximate surface area is 130 Å². The third-order valence-corrected chi connectivity index (χ3v) is 4.33. The molecule has 1 heterocycles. The maximum absolute atomic E-state index is 6.30. The lowest BCUT2D eigenvalue weighted by atomic mass is 9.60. The molecule has 3 N–H and O–H groups in total. The minimum atomic E-state index is -0.800. The number of nitrogens with two attached hydrogens (primary N) is 1. The highest BCUT2D eigenvalue weighted by Gasteiger charge is 2.50. The molecule has 0 aromatic rings. The minimum absolute atomic E-state index is 0.289. The quantitative estimate of drug-likeness (QED) is 0.681. The average molecular weight is 297 g/mol. The first-order valence-electron chi connectivity index (χ1n) is 8.15. The van der Waals surface area contributed by atoms with E-state index in [0.717, 1.165) is 25.9 Å². The monoisotopic (exact) mass is 297 g/mol. The van der Waals surface area contributed by atoms with E-state index in [1.54, 1.807) is 0 Å². The van der Waals surface area contributed by atoms with Crippen molar-refractivity contribution in [2.24, 2.45) is 5.64 Å². The van der Waals surface area contributed by atoms with Crippen molar-refractivity contribution in [2.45, 2.75) is 65.9 Å². The van der Waals surface area contributed by atoms with E-state index in [0.29, 0.717) is 6.04 Å². The van der Waals surface area contributed by atoms with Gasteiger partial charge in [-0.05, 0) is 32.9 Å². The average Bonchev–Trinajstić information content (AvgIpc) is 2.58. The van der Waals surface area contributed by atoms with Gasteiger partial charge in [0, 0.05) is 6.04 Å². The molecule has 9 heteroatoms. The molecule has 1 aliphatic rings. The molecule has 0 aliphatic carbocycles. The van der Waals surface area contributed by atoms with Crippen LogP contribution in [-0.4, -0.2) is 51.0 Å². The van der Waals surface area contributed by atoms with Gasteiger partial charge in [0.15, 0.2) is 0 Å². The Morgan fingerprint density at radius 2 is 1.90 bits per heavy atom. The van der Waals surface area contributed by atoms with Crippen molar-refractivity contribution >= 4 is 21.6 Å². The van der Waals surface area contributed by atoms with Crippen LogP contribution >= 0.6 is 0 Å². The summed E-state index contributed by atoms with van der Waals surface area (Å²) in [5.41, 5.74) is 5.47. The van der Waals surface area contributed by atoms with Gasteiger partial charge in [0.2, 0.25) is 0 Å². The molecule has 1 aliphatic heterocycles. The van der Waals surface area contributed by atoms with Gasteiger partial charge in [-0.3, -0.25) is 4.81 Å². The van der Waals surface area contributed by atoms with Crippen LogP contribution in [0.25, 0.3) is 0 Å². The minimum Gasteiger partial charge on any atom is -0.446 e. The van der Waals surface area contributed by atoms with E-state index in [1.807, 2.05) is 13.8 Å². The normalized spacial score (nSPS) is 25.4. The first kappa shape index (κ1) is 19.0. The van der Waals surface area contributed by atoms with Crippen LogP contribution in [-0.2, 0) is 13.8 Å². The smallest absolute Gasteiger partial charge is 0.446 e. The lowest BCUT2D eigenvalue weighted by molar-refractivity contribution is 0.0943. The molecule has 0 saturated carbocycles. The Morgan fingerprint density at radius 3 is 2.38 bits per heavy atom. The summed E-state index contributed by atoms with van der Waals surface area (Å²) in [6.45, 7) is 14.2. The van der Waals surface area contributed by atoms with Crippen molar-refractivity contribution in [3.63, 3.8) is 0 Å². The van der Waals surface area contributed by atoms with Gasteiger partial charge in [-0.1, -0.05) is 34.6 Å². The second kappa shape index (κ2) is 8.55. The van der Waals surface area contributed by atoms with E-state index < -0.39 is 20.0 Å². The summed E-state index contributed by atoms with van der Waals surface area (Å²) in [7, 11) is -1.58. The Hall–Kier alpha value is -0.0452. The van der Waals surface area contributed by atoms with Crippen molar-refractivity contribution in [1.82, 2.24) is 10.0 Å². The highest BCUT2D eigenvalue weighted by molar-refractivity contribution is 6.68. The van der Waals surface area contributed by atoms with E-state index in [4.69, 9.17) is 19.4 Å². The van der Waals surface area contributed by atoms with Gasteiger partial charge in [-0.15, -0.1) is 0 Å². The molecule has 0 bridgehead atoms. The van der Waals surface area contributed by atoms with E-state index in [-0.39, 0.29) is 7.05 Å². The zero-order valence-corrected chi connectivity index (χ0v) is 14.4. The van der Waals surface area contributed by atoms with Crippen LogP contribution in [0.4, 0.5) is 0 Å². The predicted octanol–water partition coefficient (Wildman–Crippen LogP) is 0.904. The largest absolute Gasteiger partial charge is 0.545 e. The SMILES string of the molecule is CCNB1OB(N)OB(N(CC)C(C)CC)OC1(C)CC. The molecule has 0 aromatic heterocycles. The van der Waals surface area contributed by atoms with Crippen LogP contribution in [0.5, 0.6) is 0 Å². The summed E-state index contributed by atoms with van der Waals surface area (Å²) in [6, 6.07) is 0.351. The molecule has 2 atom stereocenters. The summed E-state index contributed by atoms with van der Waals surface area (Å²) in [5.74, 6) is 0. The molecular formula is C12H30B3N3O3. The second-order valence-corrected chi connectivity index (χ2v) is 5.76. The van der Waals surface area contributed by atoms with Crippen molar-refractivity contribution in [3.8, 4) is 0 Å². The van der Waals surface area contributed by atoms with Gasteiger partial charge in [0.25, 0.3) is 0 Å². The lowest BCUT2D eigenvalue weighted by Gasteiger charge is -2.37. The van der Waals surface area contributed by atoms with Crippen molar-refractivity contribution in [2.75, 3.05) is 13.1 Å². The van der Waals surface area contributed by atoms with E-state index in [1.165, 1.54) is 0 Å². The van der Waals surface area contributed by atoms with E-state index in [9.17, 15) is 0 Å². The van der Waals surface area contributed by atoms with Crippen LogP contribution in [0.1, 0.15) is 54.4 Å². The Kier molecular flexibility index (Phi) is 7.74. The zero-order chi connectivity index (χ0) is 16.0. The molecular weight excluding hydrogens is 267 g/mol. The van der Waals surface area contributed by atoms with Crippen LogP contribution < -0.4 is 10.9 Å². The van der Waals surface area contributed by atoms with Gasteiger partial charge >= 0.3 is 21.6 Å². The maximum Gasteiger partial charge on any atom is 0.545 e. The summed E-state index contributed by atoms with van der Waals surface area (Å²) in [6.07, 6.45) is 1.82. The fraction of sp³-hybridized carbons (Fsp3) is 1.00. The molecule has 0 amide bonds. The first-order chi connectivity index (χ1) is 9.91. The van der Waals surface area contributed by atoms with Crippen LogP contribution in [0, 0.1) is 0 Å². The standard InChI is InChI=1S/C12H30B3N3O3/c1-7-11(5)18(10-4)15-19-12(6,8-2)13(17-9-3)20-14(16)21-15/h11,17H,7-10,16H2,1-6H3. The van der Waals surface area contributed by atoms with Gasteiger partial charge in [0.1, 0.15) is 0 Å². The summed E-state index contributed by atoms with van der Waals surface area (Å²) in [4.78, 5) is 2.17. The molecule has 0 spiro atoms. The summed E-state index contributed by atoms with van der Waals surface area (Å²) in [5, 5.41) is 3.29. The summed E-state index contributed by atoms with van der Waals surface area (Å²) >= 11 is 0. The molecule has 2 unspecified atom stereocenters. The topological polar surface area (TPSA) is 69.0 Å². The molecule has 6 nitrogen and oxygen atoms in total. The Balaban J connectivity index is 2.97. The Morgan fingerprint density at radius 1 is 1.24 bits per heavy atom. The van der Waals surface area contributed by atoms with Gasteiger partial charge in [-0.2, -0.15) is 0 Å². The van der Waals surface area contributed by atoms with E-state index >= 15 is 0 Å². The summed E-state index contributed by atoms with van der Waals surface area (Å²) < 4.78 is 17.9. The fourth-order valence-electron chi connectivity index (χ4n) is 2.51. The second-order valence-electron chi connectivity index (χ2n) is 5.76. The first-order valence-corrected chi connectivity index (χ1v) is 8.15. The number of nitrogens with one attached hydrogen (secondary N) is 1. The predicted molar refractivity (Wildman–Crippen MR) is 89.2 cm³/mol. The maximum atomic E-state index is 6.30. The highest BCUT2D eigenvalue weighted by atomic mass is 16.7. The van der Waals surface area contributed by atoms with E-state index in [2.05, 4.69) is 37.7 Å². The van der Waals surface area contributed by atoms with Crippen LogP contribution in [0.3, 0.4) is 0 Å². The van der Waals surface area contributed by atoms with Gasteiger partial charge in [-0.25, -0.2) is 0 Å². The number of hydrogen-bond donors (Lipinski definition) is 2. The fourth-order valence-corrected chi connectivity index (χ4v) is 2.51. The van der Waals surface area contributed by atoms with Crippen molar-refractivity contribution in [3.05, 3.63) is 0 Å². The Bertz CT molecular complexity index is 317. The highest BCUT2D eigenvalue weighted by Crippen LogP contribution is 2.25. The third-order valence-electron chi connectivity index (χ3n) is 4.33. The van der Waals surface area contributed by atoms with Crippen LogP contribution in [0.2, 0.25) is 0 Å².